The normalized spacial score (nSPS) is 17.9. The van der Waals surface area contributed by atoms with E-state index in [1.54, 1.807) is 0 Å². The molecular formula is C17H29N3O2. The minimum Gasteiger partial charge on any atom is -0.478 e. The molecule has 124 valence electrons. The van der Waals surface area contributed by atoms with E-state index in [0.29, 0.717) is 24.5 Å². The van der Waals surface area contributed by atoms with E-state index in [4.69, 9.17) is 9.47 Å². The van der Waals surface area contributed by atoms with Gasteiger partial charge in [0.05, 0.1) is 12.7 Å². The van der Waals surface area contributed by atoms with Crippen molar-refractivity contribution in [2.24, 2.45) is 5.92 Å². The van der Waals surface area contributed by atoms with E-state index in [0.717, 1.165) is 56.9 Å². The van der Waals surface area contributed by atoms with E-state index in [9.17, 15) is 0 Å². The summed E-state index contributed by atoms with van der Waals surface area (Å²) in [5.41, 5.74) is 0. The van der Waals surface area contributed by atoms with E-state index < -0.39 is 0 Å². The fourth-order valence-corrected chi connectivity index (χ4v) is 2.44. The molecule has 1 aliphatic rings. The summed E-state index contributed by atoms with van der Waals surface area (Å²) in [6.45, 7) is 8.88. The number of anilines is 1. The first-order chi connectivity index (χ1) is 10.7. The second-order valence-electron chi connectivity index (χ2n) is 6.32. The van der Waals surface area contributed by atoms with Gasteiger partial charge < -0.3 is 14.8 Å². The predicted molar refractivity (Wildman–Crippen MR) is 88.4 cm³/mol. The smallest absolute Gasteiger partial charge is 0.218 e. The van der Waals surface area contributed by atoms with Crippen LogP contribution < -0.4 is 10.1 Å². The molecule has 1 atom stereocenters. The lowest BCUT2D eigenvalue weighted by Gasteiger charge is -2.14. The Morgan fingerprint density at radius 3 is 2.95 bits per heavy atom. The molecule has 0 amide bonds. The number of rotatable bonds is 9. The van der Waals surface area contributed by atoms with Gasteiger partial charge in [0, 0.05) is 25.6 Å². The maximum atomic E-state index is 5.76. The Bertz CT molecular complexity index is 446. The Morgan fingerprint density at radius 1 is 1.41 bits per heavy atom. The lowest BCUT2D eigenvalue weighted by atomic mass is 10.1. The number of aromatic nitrogens is 2. The predicted octanol–water partition coefficient (Wildman–Crippen LogP) is 3.44. The molecule has 0 radical (unpaired) electrons. The monoisotopic (exact) mass is 307 g/mol. The van der Waals surface area contributed by atoms with Crippen LogP contribution in [0.5, 0.6) is 5.88 Å². The summed E-state index contributed by atoms with van der Waals surface area (Å²) < 4.78 is 11.4. The van der Waals surface area contributed by atoms with E-state index >= 15 is 0 Å². The molecular weight excluding hydrogens is 278 g/mol. The third kappa shape index (κ3) is 5.79. The Morgan fingerprint density at radius 2 is 2.27 bits per heavy atom. The first-order valence-electron chi connectivity index (χ1n) is 8.53. The van der Waals surface area contributed by atoms with Gasteiger partial charge in [-0.3, -0.25) is 0 Å². The van der Waals surface area contributed by atoms with Crippen molar-refractivity contribution in [2.45, 2.75) is 59.0 Å². The van der Waals surface area contributed by atoms with E-state index in [1.165, 1.54) is 0 Å². The van der Waals surface area contributed by atoms with Crippen molar-refractivity contribution < 1.29 is 9.47 Å². The van der Waals surface area contributed by atoms with E-state index in [2.05, 4.69) is 36.1 Å². The number of ether oxygens (including phenoxy) is 2. The molecule has 0 aromatic carbocycles. The molecule has 5 heteroatoms. The van der Waals surface area contributed by atoms with Crippen LogP contribution in [0.4, 0.5) is 5.82 Å². The molecule has 0 saturated carbocycles. The summed E-state index contributed by atoms with van der Waals surface area (Å²) in [6, 6.07) is 1.90. The lowest BCUT2D eigenvalue weighted by Crippen LogP contribution is -2.19. The topological polar surface area (TPSA) is 56.3 Å². The second-order valence-corrected chi connectivity index (χ2v) is 6.32. The zero-order chi connectivity index (χ0) is 15.8. The number of nitrogens with one attached hydrogen (secondary N) is 1. The van der Waals surface area contributed by atoms with Crippen molar-refractivity contribution >= 4 is 5.82 Å². The highest BCUT2D eigenvalue weighted by molar-refractivity contribution is 5.38. The molecule has 1 unspecified atom stereocenters. The van der Waals surface area contributed by atoms with Gasteiger partial charge in [0.25, 0.3) is 0 Å². The highest BCUT2D eigenvalue weighted by Crippen LogP contribution is 2.18. The largest absolute Gasteiger partial charge is 0.478 e. The molecule has 1 N–H and O–H groups in total. The van der Waals surface area contributed by atoms with Gasteiger partial charge in [0.15, 0.2) is 0 Å². The van der Waals surface area contributed by atoms with Gasteiger partial charge in [0.1, 0.15) is 11.6 Å². The molecule has 1 aliphatic heterocycles. The van der Waals surface area contributed by atoms with Crippen LogP contribution in [0.25, 0.3) is 0 Å². The number of hydrogen-bond donors (Lipinski definition) is 1. The summed E-state index contributed by atoms with van der Waals surface area (Å²) in [5.74, 6) is 2.89. The van der Waals surface area contributed by atoms with Crippen molar-refractivity contribution in [3.63, 3.8) is 0 Å². The first kappa shape index (κ1) is 17.0. The Balaban J connectivity index is 1.99. The van der Waals surface area contributed by atoms with Crippen LogP contribution in [0.15, 0.2) is 6.07 Å². The molecule has 0 bridgehead atoms. The number of unbranched alkanes of at least 4 members (excludes halogenated alkanes) is 1. The average molecular weight is 307 g/mol. The third-order valence-electron chi connectivity index (χ3n) is 3.62. The van der Waals surface area contributed by atoms with Gasteiger partial charge in [-0.2, -0.15) is 4.98 Å². The first-order valence-corrected chi connectivity index (χ1v) is 8.53. The third-order valence-corrected chi connectivity index (χ3v) is 3.62. The SMILES string of the molecule is CCCCOc1cc(NCC2CCCO2)nc(CC(C)C)n1. The average Bonchev–Trinajstić information content (AvgIpc) is 2.98. The van der Waals surface area contributed by atoms with Crippen molar-refractivity contribution in [3.05, 3.63) is 11.9 Å². The molecule has 2 rings (SSSR count). The zero-order valence-corrected chi connectivity index (χ0v) is 14.1. The molecule has 1 saturated heterocycles. The molecule has 5 nitrogen and oxygen atoms in total. The minimum atomic E-state index is 0.299. The van der Waals surface area contributed by atoms with E-state index in [1.807, 2.05) is 6.07 Å². The van der Waals surface area contributed by atoms with Crippen LogP contribution in [0.3, 0.4) is 0 Å². The van der Waals surface area contributed by atoms with Crippen LogP contribution >= 0.6 is 0 Å². The lowest BCUT2D eigenvalue weighted by molar-refractivity contribution is 0.120. The maximum absolute atomic E-state index is 5.76. The van der Waals surface area contributed by atoms with Gasteiger partial charge in [-0.25, -0.2) is 4.98 Å². The minimum absolute atomic E-state index is 0.299. The summed E-state index contributed by atoms with van der Waals surface area (Å²) in [7, 11) is 0. The van der Waals surface area contributed by atoms with Crippen molar-refractivity contribution in [3.8, 4) is 5.88 Å². The van der Waals surface area contributed by atoms with Crippen molar-refractivity contribution in [1.82, 2.24) is 9.97 Å². The van der Waals surface area contributed by atoms with Gasteiger partial charge in [-0.15, -0.1) is 0 Å². The van der Waals surface area contributed by atoms with E-state index in [-0.39, 0.29) is 0 Å². The molecule has 2 heterocycles. The van der Waals surface area contributed by atoms with Gasteiger partial charge >= 0.3 is 0 Å². The van der Waals surface area contributed by atoms with Crippen LogP contribution in [0.1, 0.15) is 52.3 Å². The van der Waals surface area contributed by atoms with Crippen LogP contribution in [-0.4, -0.2) is 35.8 Å². The summed E-state index contributed by atoms with van der Waals surface area (Å²) in [4.78, 5) is 9.13. The van der Waals surface area contributed by atoms with Gasteiger partial charge in [-0.05, 0) is 25.2 Å². The molecule has 0 aliphatic carbocycles. The fraction of sp³-hybridized carbons (Fsp3) is 0.765. The van der Waals surface area contributed by atoms with Crippen LogP contribution in [0.2, 0.25) is 0 Å². The highest BCUT2D eigenvalue weighted by Gasteiger charge is 2.16. The van der Waals surface area contributed by atoms with Crippen LogP contribution in [-0.2, 0) is 11.2 Å². The molecule has 1 fully saturated rings. The Kier molecular flexibility index (Phi) is 6.90. The van der Waals surface area contributed by atoms with Gasteiger partial charge in [0.2, 0.25) is 5.88 Å². The maximum Gasteiger partial charge on any atom is 0.218 e. The Labute approximate surface area is 133 Å². The number of nitrogens with zero attached hydrogens (tertiary/aromatic N) is 2. The van der Waals surface area contributed by atoms with Gasteiger partial charge in [-0.1, -0.05) is 27.2 Å². The summed E-state index contributed by atoms with van der Waals surface area (Å²) in [5, 5.41) is 3.37. The molecule has 0 spiro atoms. The zero-order valence-electron chi connectivity index (χ0n) is 14.1. The fourth-order valence-electron chi connectivity index (χ4n) is 2.44. The molecule has 1 aromatic rings. The number of hydrogen-bond acceptors (Lipinski definition) is 5. The summed E-state index contributed by atoms with van der Waals surface area (Å²) in [6.07, 6.45) is 5.60. The van der Waals surface area contributed by atoms with Crippen molar-refractivity contribution in [2.75, 3.05) is 25.1 Å². The Hall–Kier alpha value is -1.36. The summed E-state index contributed by atoms with van der Waals surface area (Å²) >= 11 is 0. The molecule has 22 heavy (non-hydrogen) atoms. The standard InChI is InChI=1S/C17H29N3O2/c1-4-5-8-22-17-11-15(18-12-14-7-6-9-21-14)19-16(20-17)10-13(2)3/h11,13-14H,4-10,12H2,1-3H3,(H,18,19,20). The molecule has 1 aromatic heterocycles. The van der Waals surface area contributed by atoms with Crippen LogP contribution in [0, 0.1) is 5.92 Å². The van der Waals surface area contributed by atoms with Crippen molar-refractivity contribution in [1.29, 1.82) is 0 Å². The highest BCUT2D eigenvalue weighted by atomic mass is 16.5. The second kappa shape index (κ2) is 8.93. The quantitative estimate of drug-likeness (QED) is 0.708.